The Bertz CT molecular complexity index is 577. The Hall–Kier alpha value is -2.08. The molecule has 2 aromatic carbocycles. The van der Waals surface area contributed by atoms with E-state index in [4.69, 9.17) is 0 Å². The van der Waals surface area contributed by atoms with E-state index in [9.17, 15) is 10.2 Å². The zero-order valence-corrected chi connectivity index (χ0v) is 9.93. The summed E-state index contributed by atoms with van der Waals surface area (Å²) in [4.78, 5) is 0. The van der Waals surface area contributed by atoms with E-state index in [1.807, 2.05) is 42.5 Å². The van der Waals surface area contributed by atoms with E-state index in [1.54, 1.807) is 6.07 Å². The van der Waals surface area contributed by atoms with Gasteiger partial charge in [-0.25, -0.2) is 0 Å². The molecule has 0 aliphatic heterocycles. The van der Waals surface area contributed by atoms with Crippen LogP contribution in [-0.2, 0) is 13.2 Å². The largest absolute Gasteiger partial charge is 0.392 e. The lowest BCUT2D eigenvalue weighted by atomic mass is 10.0. The van der Waals surface area contributed by atoms with Gasteiger partial charge in [-0.05, 0) is 29.3 Å². The normalized spacial score (nSPS) is 9.67. The van der Waals surface area contributed by atoms with Crippen molar-refractivity contribution in [3.63, 3.8) is 0 Å². The summed E-state index contributed by atoms with van der Waals surface area (Å²) in [6.07, 6.45) is 0. The topological polar surface area (TPSA) is 40.5 Å². The number of rotatable bonds is 2. The molecular weight excluding hydrogens is 224 g/mol. The molecule has 2 aromatic rings. The molecule has 18 heavy (non-hydrogen) atoms. The molecule has 2 N–H and O–H groups in total. The van der Waals surface area contributed by atoms with Gasteiger partial charge in [0.1, 0.15) is 0 Å². The standard InChI is InChI=1S/C16H14O2/c17-11-15-8-4-7-14(16(15)12-18)10-9-13-5-2-1-3-6-13/h1-8,17-18H,11-12H2. The van der Waals surface area contributed by atoms with Crippen molar-refractivity contribution in [2.24, 2.45) is 0 Å². The van der Waals surface area contributed by atoms with Crippen LogP contribution in [0.2, 0.25) is 0 Å². The number of hydrogen-bond acceptors (Lipinski definition) is 2. The first-order chi connectivity index (χ1) is 8.85. The molecule has 2 nitrogen and oxygen atoms in total. The van der Waals surface area contributed by atoms with E-state index >= 15 is 0 Å². The van der Waals surface area contributed by atoms with E-state index < -0.39 is 0 Å². The lowest BCUT2D eigenvalue weighted by Crippen LogP contribution is -1.97. The molecule has 0 spiro atoms. The van der Waals surface area contributed by atoms with Crippen molar-refractivity contribution in [2.75, 3.05) is 0 Å². The molecule has 0 saturated heterocycles. The van der Waals surface area contributed by atoms with Crippen LogP contribution in [-0.4, -0.2) is 10.2 Å². The zero-order valence-electron chi connectivity index (χ0n) is 9.93. The van der Waals surface area contributed by atoms with Crippen LogP contribution >= 0.6 is 0 Å². The molecule has 0 atom stereocenters. The Labute approximate surface area is 107 Å². The molecule has 0 aliphatic rings. The van der Waals surface area contributed by atoms with Crippen LogP contribution in [0.3, 0.4) is 0 Å². The summed E-state index contributed by atoms with van der Waals surface area (Å²) in [5.41, 5.74) is 3.10. The van der Waals surface area contributed by atoms with Crippen molar-refractivity contribution < 1.29 is 10.2 Å². The van der Waals surface area contributed by atoms with Crippen LogP contribution in [0.1, 0.15) is 22.3 Å². The first-order valence-corrected chi connectivity index (χ1v) is 5.74. The van der Waals surface area contributed by atoms with Gasteiger partial charge in [-0.3, -0.25) is 0 Å². The number of benzene rings is 2. The quantitative estimate of drug-likeness (QED) is 0.786. The number of aliphatic hydroxyl groups is 2. The summed E-state index contributed by atoms with van der Waals surface area (Å²) in [6.45, 7) is -0.202. The van der Waals surface area contributed by atoms with E-state index in [2.05, 4.69) is 11.8 Å². The third kappa shape index (κ3) is 2.78. The summed E-state index contributed by atoms with van der Waals surface area (Å²) >= 11 is 0. The van der Waals surface area contributed by atoms with Gasteiger partial charge < -0.3 is 10.2 Å². The second-order valence-electron chi connectivity index (χ2n) is 3.88. The van der Waals surface area contributed by atoms with Crippen molar-refractivity contribution in [3.8, 4) is 11.8 Å². The van der Waals surface area contributed by atoms with Crippen molar-refractivity contribution in [3.05, 3.63) is 70.8 Å². The molecule has 0 heterocycles. The van der Waals surface area contributed by atoms with Gasteiger partial charge in [0.2, 0.25) is 0 Å². The van der Waals surface area contributed by atoms with Gasteiger partial charge in [-0.15, -0.1) is 0 Å². The minimum atomic E-state index is -0.116. The van der Waals surface area contributed by atoms with E-state index in [1.165, 1.54) is 0 Å². The first-order valence-electron chi connectivity index (χ1n) is 5.74. The maximum atomic E-state index is 9.35. The molecule has 0 aromatic heterocycles. The maximum Gasteiger partial charge on any atom is 0.0697 e. The third-order valence-corrected chi connectivity index (χ3v) is 2.72. The third-order valence-electron chi connectivity index (χ3n) is 2.72. The van der Waals surface area contributed by atoms with Gasteiger partial charge in [0.05, 0.1) is 13.2 Å². The molecule has 0 aliphatic carbocycles. The van der Waals surface area contributed by atoms with Crippen LogP contribution in [0, 0.1) is 11.8 Å². The molecule has 2 rings (SSSR count). The lowest BCUT2D eigenvalue weighted by molar-refractivity contribution is 0.260. The van der Waals surface area contributed by atoms with Gasteiger partial charge in [0.25, 0.3) is 0 Å². The fourth-order valence-corrected chi connectivity index (χ4v) is 1.75. The van der Waals surface area contributed by atoms with E-state index in [-0.39, 0.29) is 13.2 Å². The van der Waals surface area contributed by atoms with Crippen molar-refractivity contribution in [1.82, 2.24) is 0 Å². The van der Waals surface area contributed by atoms with E-state index in [0.29, 0.717) is 5.56 Å². The molecule has 2 heteroatoms. The Morgan fingerprint density at radius 1 is 0.778 bits per heavy atom. The fourth-order valence-electron chi connectivity index (χ4n) is 1.75. The highest BCUT2D eigenvalue weighted by Gasteiger charge is 2.04. The molecule has 0 amide bonds. The van der Waals surface area contributed by atoms with Gasteiger partial charge in [-0.2, -0.15) is 0 Å². The highest BCUT2D eigenvalue weighted by atomic mass is 16.3. The van der Waals surface area contributed by atoms with Crippen LogP contribution in [0.5, 0.6) is 0 Å². The van der Waals surface area contributed by atoms with E-state index in [0.717, 1.165) is 16.7 Å². The summed E-state index contributed by atoms with van der Waals surface area (Å²) in [5, 5.41) is 18.5. The Balaban J connectivity index is 2.38. The molecule has 0 unspecified atom stereocenters. The molecule has 0 radical (unpaired) electrons. The molecule has 0 fully saturated rings. The monoisotopic (exact) mass is 238 g/mol. The highest BCUT2D eigenvalue weighted by molar-refractivity contribution is 5.48. The summed E-state index contributed by atoms with van der Waals surface area (Å²) in [7, 11) is 0. The predicted molar refractivity (Wildman–Crippen MR) is 70.7 cm³/mol. The van der Waals surface area contributed by atoms with Crippen LogP contribution in [0.25, 0.3) is 0 Å². The van der Waals surface area contributed by atoms with Crippen molar-refractivity contribution >= 4 is 0 Å². The molecule has 0 saturated carbocycles. The van der Waals surface area contributed by atoms with Crippen LogP contribution in [0.15, 0.2) is 48.5 Å². The smallest absolute Gasteiger partial charge is 0.0697 e. The Morgan fingerprint density at radius 3 is 2.22 bits per heavy atom. The minimum absolute atomic E-state index is 0.0866. The molecular formula is C16H14O2. The van der Waals surface area contributed by atoms with Gasteiger partial charge in [0, 0.05) is 11.1 Å². The summed E-state index contributed by atoms with van der Waals surface area (Å²) in [6, 6.07) is 15.1. The second-order valence-corrected chi connectivity index (χ2v) is 3.88. The number of hydrogen-bond donors (Lipinski definition) is 2. The zero-order chi connectivity index (χ0) is 12.8. The Kier molecular flexibility index (Phi) is 4.14. The van der Waals surface area contributed by atoms with Gasteiger partial charge in [0.15, 0.2) is 0 Å². The SMILES string of the molecule is OCc1cccc(C#Cc2ccccc2)c1CO. The summed E-state index contributed by atoms with van der Waals surface area (Å²) in [5.74, 6) is 6.08. The fraction of sp³-hybridized carbons (Fsp3) is 0.125. The minimum Gasteiger partial charge on any atom is -0.392 e. The second kappa shape index (κ2) is 6.02. The summed E-state index contributed by atoms with van der Waals surface area (Å²) < 4.78 is 0. The lowest BCUT2D eigenvalue weighted by Gasteiger charge is -2.06. The Morgan fingerprint density at radius 2 is 1.56 bits per heavy atom. The highest BCUT2D eigenvalue weighted by Crippen LogP contribution is 2.14. The first kappa shape index (κ1) is 12.4. The number of aliphatic hydroxyl groups excluding tert-OH is 2. The average Bonchev–Trinajstić information content (AvgIpc) is 2.45. The van der Waals surface area contributed by atoms with Crippen molar-refractivity contribution in [1.29, 1.82) is 0 Å². The van der Waals surface area contributed by atoms with Gasteiger partial charge in [-0.1, -0.05) is 42.2 Å². The van der Waals surface area contributed by atoms with Crippen LogP contribution in [0.4, 0.5) is 0 Å². The average molecular weight is 238 g/mol. The predicted octanol–water partition coefficient (Wildman–Crippen LogP) is 2.07. The van der Waals surface area contributed by atoms with Crippen molar-refractivity contribution in [2.45, 2.75) is 13.2 Å². The molecule has 90 valence electrons. The molecule has 0 bridgehead atoms. The van der Waals surface area contributed by atoms with Gasteiger partial charge >= 0.3 is 0 Å². The maximum absolute atomic E-state index is 9.35. The van der Waals surface area contributed by atoms with Crippen LogP contribution < -0.4 is 0 Å².